The first-order valence-electron chi connectivity index (χ1n) is 3.67. The largest absolute Gasteiger partial charge is 0.490 e. The summed E-state index contributed by atoms with van der Waals surface area (Å²) in [5.41, 5.74) is 10.4. The SMILES string of the molecule is NCCCC(N)(Cl)Cl.O=C(O)C(F)(F)F. The second-order valence-corrected chi connectivity index (χ2v) is 4.00. The van der Waals surface area contributed by atoms with E-state index in [1.165, 1.54) is 0 Å². The Kier molecular flexibility index (Phi) is 8.13. The molecule has 92 valence electrons. The van der Waals surface area contributed by atoms with Gasteiger partial charge in [0.15, 0.2) is 4.46 Å². The van der Waals surface area contributed by atoms with E-state index >= 15 is 0 Å². The van der Waals surface area contributed by atoms with Gasteiger partial charge >= 0.3 is 12.1 Å². The highest BCUT2D eigenvalue weighted by Crippen LogP contribution is 2.18. The van der Waals surface area contributed by atoms with Gasteiger partial charge in [-0.05, 0) is 19.4 Å². The van der Waals surface area contributed by atoms with Gasteiger partial charge in [0.25, 0.3) is 0 Å². The normalized spacial score (nSPS) is 11.7. The van der Waals surface area contributed by atoms with E-state index in [4.69, 9.17) is 44.6 Å². The van der Waals surface area contributed by atoms with Gasteiger partial charge in [0, 0.05) is 0 Å². The van der Waals surface area contributed by atoms with Crippen molar-refractivity contribution in [2.75, 3.05) is 6.54 Å². The first-order chi connectivity index (χ1) is 6.50. The minimum absolute atomic E-state index is 0.548. The smallest absolute Gasteiger partial charge is 0.475 e. The standard InChI is InChI=1S/C4H10Cl2N2.C2HF3O2/c5-4(6,8)2-1-3-7;3-2(4,5)1(6)7/h1-3,7-8H2;(H,6,7). The number of hydrogen-bond acceptors (Lipinski definition) is 3. The number of rotatable bonds is 3. The number of carboxylic acids is 1. The highest BCUT2D eigenvalue weighted by molar-refractivity contribution is 6.47. The summed E-state index contributed by atoms with van der Waals surface area (Å²) in [7, 11) is 0. The lowest BCUT2D eigenvalue weighted by Crippen LogP contribution is -2.25. The van der Waals surface area contributed by atoms with E-state index in [-0.39, 0.29) is 0 Å². The lowest BCUT2D eigenvalue weighted by Gasteiger charge is -2.10. The van der Waals surface area contributed by atoms with Gasteiger partial charge in [-0.1, -0.05) is 23.2 Å². The summed E-state index contributed by atoms with van der Waals surface area (Å²) >= 11 is 10.8. The second-order valence-electron chi connectivity index (χ2n) is 2.46. The van der Waals surface area contributed by atoms with Gasteiger partial charge in [-0.3, -0.25) is 0 Å². The molecule has 0 saturated carbocycles. The number of aliphatic carboxylic acids is 1. The first kappa shape index (κ1) is 17.2. The monoisotopic (exact) mass is 270 g/mol. The molecule has 0 saturated heterocycles. The van der Waals surface area contributed by atoms with E-state index in [2.05, 4.69) is 0 Å². The minimum Gasteiger partial charge on any atom is -0.475 e. The zero-order chi connectivity index (χ0) is 12.7. The van der Waals surface area contributed by atoms with Gasteiger partial charge in [-0.25, -0.2) is 4.79 Å². The lowest BCUT2D eigenvalue weighted by atomic mass is 10.3. The van der Waals surface area contributed by atoms with Crippen molar-refractivity contribution < 1.29 is 23.1 Å². The summed E-state index contributed by atoms with van der Waals surface area (Å²) in [6.07, 6.45) is -3.77. The summed E-state index contributed by atoms with van der Waals surface area (Å²) in [6.45, 7) is 0.582. The predicted octanol–water partition coefficient (Wildman–Crippen LogP) is 1.45. The molecule has 0 amide bonds. The Labute approximate surface area is 94.3 Å². The molecule has 0 aromatic rings. The topological polar surface area (TPSA) is 89.3 Å². The minimum atomic E-state index is -5.08. The molecule has 9 heteroatoms. The molecule has 0 atom stereocenters. The van der Waals surface area contributed by atoms with Crippen molar-refractivity contribution in [3.8, 4) is 0 Å². The molecule has 0 aromatic heterocycles. The van der Waals surface area contributed by atoms with Crippen LogP contribution in [0.2, 0.25) is 0 Å². The van der Waals surface area contributed by atoms with Crippen molar-refractivity contribution in [2.45, 2.75) is 23.5 Å². The molecule has 15 heavy (non-hydrogen) atoms. The quantitative estimate of drug-likeness (QED) is 0.535. The van der Waals surface area contributed by atoms with Crippen LogP contribution in [0.5, 0.6) is 0 Å². The van der Waals surface area contributed by atoms with Crippen LogP contribution in [0.4, 0.5) is 13.2 Å². The van der Waals surface area contributed by atoms with E-state index in [9.17, 15) is 13.2 Å². The van der Waals surface area contributed by atoms with Gasteiger partial charge in [-0.15, -0.1) is 0 Å². The number of hydrogen-bond donors (Lipinski definition) is 3. The van der Waals surface area contributed by atoms with Crippen LogP contribution in [0, 0.1) is 0 Å². The first-order valence-corrected chi connectivity index (χ1v) is 4.43. The van der Waals surface area contributed by atoms with Crippen LogP contribution in [-0.4, -0.2) is 28.3 Å². The number of carboxylic acid groups (broad SMARTS) is 1. The third-order valence-electron chi connectivity index (χ3n) is 0.957. The lowest BCUT2D eigenvalue weighted by molar-refractivity contribution is -0.192. The Morgan fingerprint density at radius 1 is 1.33 bits per heavy atom. The van der Waals surface area contributed by atoms with Crippen LogP contribution in [0.3, 0.4) is 0 Å². The van der Waals surface area contributed by atoms with Crippen molar-refractivity contribution >= 4 is 29.2 Å². The van der Waals surface area contributed by atoms with Crippen molar-refractivity contribution in [3.63, 3.8) is 0 Å². The van der Waals surface area contributed by atoms with Gasteiger partial charge in [0.2, 0.25) is 0 Å². The Hall–Kier alpha value is -0.240. The van der Waals surface area contributed by atoms with Crippen LogP contribution in [-0.2, 0) is 4.79 Å². The molecule has 0 aliphatic rings. The summed E-state index contributed by atoms with van der Waals surface area (Å²) < 4.78 is 30.7. The number of nitrogens with two attached hydrogens (primary N) is 2. The maximum Gasteiger partial charge on any atom is 0.490 e. The molecule has 0 rings (SSSR count). The Balaban J connectivity index is 0. The fourth-order valence-corrected chi connectivity index (χ4v) is 0.605. The summed E-state index contributed by atoms with van der Waals surface area (Å²) in [4.78, 5) is 8.90. The van der Waals surface area contributed by atoms with Crippen molar-refractivity contribution in [3.05, 3.63) is 0 Å². The maximum atomic E-state index is 10.6. The van der Waals surface area contributed by atoms with Crippen LogP contribution in [0.25, 0.3) is 0 Å². The van der Waals surface area contributed by atoms with E-state index in [0.717, 1.165) is 6.42 Å². The summed E-state index contributed by atoms with van der Waals surface area (Å²) in [5, 5.41) is 7.12. The zero-order valence-electron chi connectivity index (χ0n) is 7.52. The van der Waals surface area contributed by atoms with E-state index in [0.29, 0.717) is 13.0 Å². The molecule has 0 aliphatic carbocycles. The number of alkyl halides is 5. The highest BCUT2D eigenvalue weighted by Gasteiger charge is 2.38. The molecule has 0 spiro atoms. The van der Waals surface area contributed by atoms with E-state index < -0.39 is 16.6 Å². The van der Waals surface area contributed by atoms with Crippen molar-refractivity contribution in [2.24, 2.45) is 11.5 Å². The third-order valence-corrected chi connectivity index (χ3v) is 1.33. The molecule has 0 fully saturated rings. The summed E-state index contributed by atoms with van der Waals surface area (Å²) in [6, 6.07) is 0. The fourth-order valence-electron chi connectivity index (χ4n) is 0.338. The van der Waals surface area contributed by atoms with Gasteiger partial charge in [0.1, 0.15) is 0 Å². The molecule has 4 nitrogen and oxygen atoms in total. The van der Waals surface area contributed by atoms with Gasteiger partial charge < -0.3 is 16.6 Å². The van der Waals surface area contributed by atoms with Crippen LogP contribution >= 0.6 is 23.2 Å². The van der Waals surface area contributed by atoms with Crippen molar-refractivity contribution in [1.82, 2.24) is 0 Å². The van der Waals surface area contributed by atoms with E-state index in [1.54, 1.807) is 0 Å². The maximum absolute atomic E-state index is 10.6. The Morgan fingerprint density at radius 2 is 1.67 bits per heavy atom. The molecule has 0 radical (unpaired) electrons. The predicted molar refractivity (Wildman–Crippen MR) is 50.6 cm³/mol. The second kappa shape index (κ2) is 7.10. The Bertz CT molecular complexity index is 194. The van der Waals surface area contributed by atoms with Crippen LogP contribution < -0.4 is 11.5 Å². The zero-order valence-corrected chi connectivity index (χ0v) is 9.03. The van der Waals surface area contributed by atoms with Crippen LogP contribution in [0.1, 0.15) is 12.8 Å². The molecular weight excluding hydrogens is 260 g/mol. The van der Waals surface area contributed by atoms with E-state index in [1.807, 2.05) is 0 Å². The number of carbonyl (C=O) groups is 1. The molecule has 0 heterocycles. The number of halogens is 5. The molecule has 0 unspecified atom stereocenters. The molecule has 0 bridgehead atoms. The van der Waals surface area contributed by atoms with Crippen LogP contribution in [0.15, 0.2) is 0 Å². The molecule has 5 N–H and O–H groups in total. The summed E-state index contributed by atoms with van der Waals surface area (Å²) in [5.74, 6) is -2.76. The molecule has 0 aliphatic heterocycles. The third kappa shape index (κ3) is 16.4. The Morgan fingerprint density at radius 3 is 1.73 bits per heavy atom. The van der Waals surface area contributed by atoms with Crippen molar-refractivity contribution in [1.29, 1.82) is 0 Å². The van der Waals surface area contributed by atoms with Gasteiger partial charge in [0.05, 0.1) is 0 Å². The van der Waals surface area contributed by atoms with Gasteiger partial charge in [-0.2, -0.15) is 13.2 Å². The average molecular weight is 271 g/mol. The highest BCUT2D eigenvalue weighted by atomic mass is 35.5. The molecule has 0 aromatic carbocycles. The fraction of sp³-hybridized carbons (Fsp3) is 0.833. The molecular formula is C6H11Cl2F3N2O2. The average Bonchev–Trinajstić information content (AvgIpc) is 1.98.